The number of thiophene rings is 1. The molecule has 0 fully saturated rings. The van der Waals surface area contributed by atoms with Crippen molar-refractivity contribution in [2.45, 2.75) is 6.54 Å². The Kier molecular flexibility index (Phi) is 2.86. The third-order valence-electron chi connectivity index (χ3n) is 2.56. The van der Waals surface area contributed by atoms with Crippen molar-refractivity contribution >= 4 is 43.9 Å². The van der Waals surface area contributed by atoms with Crippen LogP contribution in [0.5, 0.6) is 0 Å². The van der Waals surface area contributed by atoms with Crippen molar-refractivity contribution in [1.82, 2.24) is 10.2 Å². The molecule has 0 amide bonds. The first kappa shape index (κ1) is 10.8. The summed E-state index contributed by atoms with van der Waals surface area (Å²) in [6, 6.07) is 8.25. The molecule has 86 valence electrons. The number of nitrogens with one attached hydrogen (secondary N) is 2. The van der Waals surface area contributed by atoms with E-state index in [1.54, 1.807) is 11.3 Å². The molecule has 2 heterocycles. The van der Waals surface area contributed by atoms with Gasteiger partial charge in [0.15, 0.2) is 0 Å². The number of nitrogens with zero attached hydrogens (tertiary/aromatic N) is 1. The van der Waals surface area contributed by atoms with Crippen LogP contribution in [-0.4, -0.2) is 10.2 Å². The summed E-state index contributed by atoms with van der Waals surface area (Å²) in [6.07, 6.45) is 1.85. The largest absolute Gasteiger partial charge is 0.380 e. The smallest absolute Gasteiger partial charge is 0.0671 e. The Balaban J connectivity index is 1.83. The zero-order valence-corrected chi connectivity index (χ0v) is 11.3. The number of hydrogen-bond acceptors (Lipinski definition) is 3. The lowest BCUT2D eigenvalue weighted by Gasteiger charge is -2.05. The lowest BCUT2D eigenvalue weighted by atomic mass is 10.2. The Hall–Kier alpha value is -1.33. The molecule has 0 saturated carbocycles. The van der Waals surface area contributed by atoms with Crippen molar-refractivity contribution in [2.24, 2.45) is 0 Å². The summed E-state index contributed by atoms with van der Waals surface area (Å²) in [5.74, 6) is 0. The van der Waals surface area contributed by atoms with Gasteiger partial charge in [-0.15, -0.1) is 11.3 Å². The number of benzene rings is 1. The second-order valence-corrected chi connectivity index (χ2v) is 5.63. The van der Waals surface area contributed by atoms with Gasteiger partial charge in [0.1, 0.15) is 0 Å². The molecule has 0 saturated heterocycles. The van der Waals surface area contributed by atoms with E-state index in [1.165, 1.54) is 4.88 Å². The lowest BCUT2D eigenvalue weighted by molar-refractivity contribution is 1.12. The summed E-state index contributed by atoms with van der Waals surface area (Å²) in [7, 11) is 0. The fraction of sp³-hybridized carbons (Fsp3) is 0.0833. The Morgan fingerprint density at radius 2 is 2.35 bits per heavy atom. The zero-order chi connectivity index (χ0) is 11.7. The van der Waals surface area contributed by atoms with Crippen LogP contribution in [0.4, 0.5) is 5.69 Å². The topological polar surface area (TPSA) is 40.7 Å². The number of aromatic nitrogens is 2. The molecule has 3 aromatic rings. The number of rotatable bonds is 3. The normalized spacial score (nSPS) is 10.9. The van der Waals surface area contributed by atoms with Crippen molar-refractivity contribution in [1.29, 1.82) is 0 Å². The number of fused-ring (bicyclic) bond motifs is 1. The van der Waals surface area contributed by atoms with Crippen molar-refractivity contribution < 1.29 is 0 Å². The van der Waals surface area contributed by atoms with Crippen LogP contribution >= 0.6 is 27.3 Å². The van der Waals surface area contributed by atoms with Crippen LogP contribution in [0.1, 0.15) is 4.88 Å². The maximum absolute atomic E-state index is 4.05. The molecule has 5 heteroatoms. The highest BCUT2D eigenvalue weighted by Gasteiger charge is 2.03. The highest BCUT2D eigenvalue weighted by Crippen LogP contribution is 2.24. The molecule has 0 aliphatic carbocycles. The molecule has 1 aromatic carbocycles. The molecule has 2 N–H and O–H groups in total. The van der Waals surface area contributed by atoms with Gasteiger partial charge in [0.05, 0.1) is 11.7 Å². The molecular formula is C12H10BrN3S. The lowest BCUT2D eigenvalue weighted by Crippen LogP contribution is -1.97. The predicted molar refractivity (Wildman–Crippen MR) is 75.4 cm³/mol. The highest BCUT2D eigenvalue weighted by molar-refractivity contribution is 9.10. The molecule has 0 unspecified atom stereocenters. The standard InChI is InChI=1S/C12H10BrN3S/c13-8-4-9(17-7-8)5-14-11-2-1-3-12-10(11)6-15-16-12/h1-4,6-7,14H,5H2,(H,15,16). The molecule has 3 rings (SSSR count). The minimum absolute atomic E-state index is 0.834. The van der Waals surface area contributed by atoms with E-state index in [0.717, 1.165) is 27.6 Å². The van der Waals surface area contributed by atoms with Crippen LogP contribution in [0.15, 0.2) is 40.3 Å². The van der Waals surface area contributed by atoms with Crippen molar-refractivity contribution in [3.05, 3.63) is 45.2 Å². The maximum Gasteiger partial charge on any atom is 0.0671 e. The molecule has 3 nitrogen and oxygen atoms in total. The summed E-state index contributed by atoms with van der Waals surface area (Å²) in [5.41, 5.74) is 2.17. The highest BCUT2D eigenvalue weighted by atomic mass is 79.9. The average molecular weight is 308 g/mol. The van der Waals surface area contributed by atoms with Gasteiger partial charge in [-0.05, 0) is 34.1 Å². The van der Waals surface area contributed by atoms with E-state index >= 15 is 0 Å². The molecule has 0 aliphatic rings. The summed E-state index contributed by atoms with van der Waals surface area (Å²) in [6.45, 7) is 0.834. The van der Waals surface area contributed by atoms with E-state index in [0.29, 0.717) is 0 Å². The Bertz CT molecular complexity index is 644. The van der Waals surface area contributed by atoms with E-state index in [9.17, 15) is 0 Å². The number of hydrogen-bond donors (Lipinski definition) is 2. The zero-order valence-electron chi connectivity index (χ0n) is 8.90. The van der Waals surface area contributed by atoms with Gasteiger partial charge in [-0.2, -0.15) is 5.10 Å². The summed E-state index contributed by atoms with van der Waals surface area (Å²) in [5, 5.41) is 13.7. The Labute approximate surface area is 111 Å². The fourth-order valence-electron chi connectivity index (χ4n) is 1.75. The van der Waals surface area contributed by atoms with Crippen LogP contribution < -0.4 is 5.32 Å². The first-order valence-electron chi connectivity index (χ1n) is 5.22. The molecule has 0 atom stereocenters. The van der Waals surface area contributed by atoms with E-state index < -0.39 is 0 Å². The monoisotopic (exact) mass is 307 g/mol. The van der Waals surface area contributed by atoms with E-state index in [-0.39, 0.29) is 0 Å². The number of halogens is 1. The summed E-state index contributed by atoms with van der Waals surface area (Å²) < 4.78 is 1.14. The number of H-pyrrole nitrogens is 1. The molecule has 0 radical (unpaired) electrons. The van der Waals surface area contributed by atoms with E-state index in [2.05, 4.69) is 49.0 Å². The Morgan fingerprint density at radius 3 is 3.18 bits per heavy atom. The summed E-state index contributed by atoms with van der Waals surface area (Å²) >= 11 is 5.20. The van der Waals surface area contributed by atoms with Gasteiger partial charge in [0, 0.05) is 32.3 Å². The Morgan fingerprint density at radius 1 is 1.41 bits per heavy atom. The van der Waals surface area contributed by atoms with Gasteiger partial charge in [-0.3, -0.25) is 5.10 Å². The second-order valence-electron chi connectivity index (χ2n) is 3.72. The van der Waals surface area contributed by atoms with E-state index in [1.807, 2.05) is 18.3 Å². The third-order valence-corrected chi connectivity index (χ3v) is 4.26. The van der Waals surface area contributed by atoms with Gasteiger partial charge in [-0.1, -0.05) is 6.07 Å². The van der Waals surface area contributed by atoms with Crippen molar-refractivity contribution in [3.63, 3.8) is 0 Å². The van der Waals surface area contributed by atoms with Crippen LogP contribution in [0.3, 0.4) is 0 Å². The number of aromatic amines is 1. The molecular weight excluding hydrogens is 298 g/mol. The minimum atomic E-state index is 0.834. The first-order valence-corrected chi connectivity index (χ1v) is 6.89. The summed E-state index contributed by atoms with van der Waals surface area (Å²) in [4.78, 5) is 1.30. The molecule has 0 bridgehead atoms. The quantitative estimate of drug-likeness (QED) is 0.768. The van der Waals surface area contributed by atoms with Crippen LogP contribution in [0.25, 0.3) is 10.9 Å². The van der Waals surface area contributed by atoms with Gasteiger partial charge in [0.2, 0.25) is 0 Å². The van der Waals surface area contributed by atoms with Crippen LogP contribution in [-0.2, 0) is 6.54 Å². The van der Waals surface area contributed by atoms with E-state index in [4.69, 9.17) is 0 Å². The van der Waals surface area contributed by atoms with Gasteiger partial charge in [-0.25, -0.2) is 0 Å². The first-order chi connectivity index (χ1) is 8.33. The maximum atomic E-state index is 4.05. The molecule has 0 spiro atoms. The average Bonchev–Trinajstić information content (AvgIpc) is 2.94. The molecule has 0 aliphatic heterocycles. The second kappa shape index (κ2) is 4.50. The minimum Gasteiger partial charge on any atom is -0.380 e. The van der Waals surface area contributed by atoms with Crippen LogP contribution in [0, 0.1) is 0 Å². The third kappa shape index (κ3) is 2.21. The number of anilines is 1. The van der Waals surface area contributed by atoms with Crippen LogP contribution in [0.2, 0.25) is 0 Å². The van der Waals surface area contributed by atoms with Crippen molar-refractivity contribution in [3.8, 4) is 0 Å². The fourth-order valence-corrected chi connectivity index (χ4v) is 3.14. The van der Waals surface area contributed by atoms with Gasteiger partial charge >= 0.3 is 0 Å². The van der Waals surface area contributed by atoms with Gasteiger partial charge in [0.25, 0.3) is 0 Å². The predicted octanol–water partition coefficient (Wildman–Crippen LogP) is 4.00. The molecule has 17 heavy (non-hydrogen) atoms. The SMILES string of the molecule is Brc1csc(CNc2cccc3[nH]ncc23)c1. The van der Waals surface area contributed by atoms with Crippen molar-refractivity contribution in [2.75, 3.05) is 5.32 Å². The van der Waals surface area contributed by atoms with Gasteiger partial charge < -0.3 is 5.32 Å². The molecule has 2 aromatic heterocycles.